The molecule has 0 bridgehead atoms. The lowest BCUT2D eigenvalue weighted by atomic mass is 10.3. The van der Waals surface area contributed by atoms with Gasteiger partial charge in [0, 0.05) is 18.0 Å². The van der Waals surface area contributed by atoms with Gasteiger partial charge in [-0.25, -0.2) is 0 Å². The van der Waals surface area contributed by atoms with Crippen molar-refractivity contribution in [3.63, 3.8) is 0 Å². The number of anilines is 1. The molecule has 0 spiro atoms. The first-order chi connectivity index (χ1) is 6.24. The van der Waals surface area contributed by atoms with Crippen LogP contribution < -0.4 is 5.32 Å². The summed E-state index contributed by atoms with van der Waals surface area (Å²) in [6, 6.07) is 5.31. The Balaban J connectivity index is 2.62. The molecule has 0 aliphatic heterocycles. The second-order valence-electron chi connectivity index (χ2n) is 2.51. The zero-order chi connectivity index (χ0) is 9.68. The zero-order valence-corrected chi connectivity index (χ0v) is 8.49. The molecule has 68 valence electrons. The predicted molar refractivity (Wildman–Crippen MR) is 58.4 cm³/mol. The van der Waals surface area contributed by atoms with Gasteiger partial charge in [0.2, 0.25) is 0 Å². The van der Waals surface area contributed by atoms with E-state index >= 15 is 0 Å². The van der Waals surface area contributed by atoms with Crippen LogP contribution in [0.25, 0.3) is 0 Å². The van der Waals surface area contributed by atoms with Gasteiger partial charge in [-0.15, -0.1) is 12.3 Å². The average molecular weight is 214 g/mol. The monoisotopic (exact) mass is 213 g/mol. The van der Waals surface area contributed by atoms with Crippen LogP contribution in [0.4, 0.5) is 5.69 Å². The molecule has 0 aliphatic carbocycles. The summed E-state index contributed by atoms with van der Waals surface area (Å²) in [4.78, 5) is 0. The number of nitrogens with one attached hydrogen (secondary N) is 1. The van der Waals surface area contributed by atoms with Gasteiger partial charge in [-0.3, -0.25) is 0 Å². The van der Waals surface area contributed by atoms with E-state index in [4.69, 9.17) is 29.6 Å². The summed E-state index contributed by atoms with van der Waals surface area (Å²) in [5.74, 6) is 2.54. The maximum atomic E-state index is 5.91. The number of rotatable bonds is 3. The summed E-state index contributed by atoms with van der Waals surface area (Å²) in [5, 5.41) is 4.36. The standard InChI is InChI=1S/C10H9Cl2N/c1-2-3-6-13-10-5-4-8(11)7-9(10)12/h1,4-5,7,13H,3,6H2. The van der Waals surface area contributed by atoms with Crippen molar-refractivity contribution in [2.75, 3.05) is 11.9 Å². The first kappa shape index (κ1) is 10.2. The molecule has 0 saturated carbocycles. The van der Waals surface area contributed by atoms with Crippen molar-refractivity contribution in [3.8, 4) is 12.3 Å². The van der Waals surface area contributed by atoms with Crippen LogP contribution in [0, 0.1) is 12.3 Å². The van der Waals surface area contributed by atoms with Crippen LogP contribution in [0.1, 0.15) is 6.42 Å². The number of hydrogen-bond acceptors (Lipinski definition) is 1. The molecule has 0 atom stereocenters. The lowest BCUT2D eigenvalue weighted by Gasteiger charge is -2.06. The minimum atomic E-state index is 0.615. The fourth-order valence-electron chi connectivity index (χ4n) is 0.902. The van der Waals surface area contributed by atoms with Gasteiger partial charge in [-0.1, -0.05) is 23.2 Å². The van der Waals surface area contributed by atoms with Gasteiger partial charge in [0.05, 0.1) is 10.7 Å². The highest BCUT2D eigenvalue weighted by molar-refractivity contribution is 6.36. The third kappa shape index (κ3) is 3.18. The lowest BCUT2D eigenvalue weighted by Crippen LogP contribution is -2.00. The smallest absolute Gasteiger partial charge is 0.0652 e. The Morgan fingerprint density at radius 1 is 1.38 bits per heavy atom. The van der Waals surface area contributed by atoms with E-state index in [1.54, 1.807) is 12.1 Å². The van der Waals surface area contributed by atoms with Crippen molar-refractivity contribution >= 4 is 28.9 Å². The molecular formula is C10H9Cl2N. The molecule has 1 nitrogen and oxygen atoms in total. The van der Waals surface area contributed by atoms with Crippen LogP contribution >= 0.6 is 23.2 Å². The van der Waals surface area contributed by atoms with E-state index in [-0.39, 0.29) is 0 Å². The predicted octanol–water partition coefficient (Wildman–Crippen LogP) is 3.43. The maximum absolute atomic E-state index is 5.91. The van der Waals surface area contributed by atoms with Gasteiger partial charge < -0.3 is 5.32 Å². The highest BCUT2D eigenvalue weighted by Gasteiger charge is 1.98. The van der Waals surface area contributed by atoms with E-state index in [0.29, 0.717) is 16.5 Å². The number of benzene rings is 1. The van der Waals surface area contributed by atoms with Crippen LogP contribution in [0.3, 0.4) is 0 Å². The Morgan fingerprint density at radius 3 is 2.77 bits per heavy atom. The molecule has 3 heteroatoms. The van der Waals surface area contributed by atoms with Crippen molar-refractivity contribution in [3.05, 3.63) is 28.2 Å². The number of terminal acetylenes is 1. The van der Waals surface area contributed by atoms with Crippen molar-refractivity contribution < 1.29 is 0 Å². The summed E-state index contributed by atoms with van der Waals surface area (Å²) in [6.45, 7) is 0.720. The van der Waals surface area contributed by atoms with E-state index in [9.17, 15) is 0 Å². The molecule has 0 saturated heterocycles. The molecule has 0 aromatic heterocycles. The minimum absolute atomic E-state index is 0.615. The molecule has 1 rings (SSSR count). The van der Waals surface area contributed by atoms with E-state index in [1.165, 1.54) is 0 Å². The van der Waals surface area contributed by atoms with Crippen molar-refractivity contribution in [2.24, 2.45) is 0 Å². The minimum Gasteiger partial charge on any atom is -0.383 e. The Labute approximate surface area is 88.0 Å². The lowest BCUT2D eigenvalue weighted by molar-refractivity contribution is 1.10. The van der Waals surface area contributed by atoms with Crippen LogP contribution in [0.15, 0.2) is 18.2 Å². The summed E-state index contributed by atoms with van der Waals surface area (Å²) in [6.07, 6.45) is 5.79. The summed E-state index contributed by atoms with van der Waals surface area (Å²) in [7, 11) is 0. The Hall–Kier alpha value is -0.840. The third-order valence-electron chi connectivity index (χ3n) is 1.52. The first-order valence-corrected chi connectivity index (χ1v) is 4.62. The summed E-state index contributed by atoms with van der Waals surface area (Å²) < 4.78 is 0. The quantitative estimate of drug-likeness (QED) is 0.600. The average Bonchev–Trinajstić information content (AvgIpc) is 2.09. The largest absolute Gasteiger partial charge is 0.383 e. The molecule has 0 unspecified atom stereocenters. The third-order valence-corrected chi connectivity index (χ3v) is 2.06. The van der Waals surface area contributed by atoms with Crippen molar-refractivity contribution in [1.82, 2.24) is 0 Å². The molecule has 1 N–H and O–H groups in total. The molecule has 1 aromatic rings. The fourth-order valence-corrected chi connectivity index (χ4v) is 1.38. The zero-order valence-electron chi connectivity index (χ0n) is 6.98. The molecule has 13 heavy (non-hydrogen) atoms. The fraction of sp³-hybridized carbons (Fsp3) is 0.200. The van der Waals surface area contributed by atoms with E-state index in [0.717, 1.165) is 12.2 Å². The van der Waals surface area contributed by atoms with Crippen LogP contribution in [-0.2, 0) is 0 Å². The van der Waals surface area contributed by atoms with Crippen molar-refractivity contribution in [1.29, 1.82) is 0 Å². The Morgan fingerprint density at radius 2 is 2.15 bits per heavy atom. The molecule has 0 aliphatic rings. The van der Waals surface area contributed by atoms with E-state index in [1.807, 2.05) is 6.07 Å². The van der Waals surface area contributed by atoms with Crippen LogP contribution in [-0.4, -0.2) is 6.54 Å². The molecule has 1 aromatic carbocycles. The summed E-state index contributed by atoms with van der Waals surface area (Å²) in [5.41, 5.74) is 0.862. The Kier molecular flexibility index (Phi) is 3.95. The Bertz CT molecular complexity index is 328. The number of halogens is 2. The van der Waals surface area contributed by atoms with E-state index < -0.39 is 0 Å². The van der Waals surface area contributed by atoms with Gasteiger partial charge in [-0.2, -0.15) is 0 Å². The second-order valence-corrected chi connectivity index (χ2v) is 3.35. The molecule has 0 radical (unpaired) electrons. The van der Waals surface area contributed by atoms with Gasteiger partial charge in [0.1, 0.15) is 0 Å². The molecular weight excluding hydrogens is 205 g/mol. The molecule has 0 fully saturated rings. The highest BCUT2D eigenvalue weighted by Crippen LogP contribution is 2.24. The normalized spacial score (nSPS) is 9.31. The van der Waals surface area contributed by atoms with Gasteiger partial charge >= 0.3 is 0 Å². The van der Waals surface area contributed by atoms with Crippen LogP contribution in [0.2, 0.25) is 10.0 Å². The first-order valence-electron chi connectivity index (χ1n) is 3.86. The topological polar surface area (TPSA) is 12.0 Å². The second kappa shape index (κ2) is 5.01. The maximum Gasteiger partial charge on any atom is 0.0652 e. The highest BCUT2D eigenvalue weighted by atomic mass is 35.5. The molecule has 0 heterocycles. The van der Waals surface area contributed by atoms with E-state index in [2.05, 4.69) is 11.2 Å². The molecule has 0 amide bonds. The SMILES string of the molecule is C#CCCNc1ccc(Cl)cc1Cl. The van der Waals surface area contributed by atoms with Crippen LogP contribution in [0.5, 0.6) is 0 Å². The summed E-state index contributed by atoms with van der Waals surface area (Å²) >= 11 is 11.6. The van der Waals surface area contributed by atoms with Crippen molar-refractivity contribution in [2.45, 2.75) is 6.42 Å². The van der Waals surface area contributed by atoms with Gasteiger partial charge in [0.25, 0.3) is 0 Å². The van der Waals surface area contributed by atoms with Gasteiger partial charge in [0.15, 0.2) is 0 Å². The van der Waals surface area contributed by atoms with Gasteiger partial charge in [-0.05, 0) is 18.2 Å². The number of hydrogen-bond donors (Lipinski definition) is 1.